The van der Waals surface area contributed by atoms with Crippen molar-refractivity contribution in [1.82, 2.24) is 0 Å². The second kappa shape index (κ2) is 23.3. The number of carbonyl (C=O) groups excluding carboxylic acids is 5. The highest BCUT2D eigenvalue weighted by atomic mass is 16.7. The first-order valence-electron chi connectivity index (χ1n) is 16.9. The highest BCUT2D eigenvalue weighted by Gasteiger charge is 2.15. The van der Waals surface area contributed by atoms with Crippen molar-refractivity contribution in [3.05, 3.63) is 53.6 Å². The van der Waals surface area contributed by atoms with Crippen LogP contribution in [0.2, 0.25) is 0 Å². The molecular weight excluding hydrogens is 652 g/mol. The summed E-state index contributed by atoms with van der Waals surface area (Å²) in [7, 11) is 0. The van der Waals surface area contributed by atoms with Gasteiger partial charge in [-0.1, -0.05) is 51.5 Å². The van der Waals surface area contributed by atoms with Crippen LogP contribution in [0.4, 0.5) is 14.4 Å². The third kappa shape index (κ3) is 17.9. The molecule has 0 amide bonds. The third-order valence-corrected chi connectivity index (χ3v) is 6.63. The van der Waals surface area contributed by atoms with E-state index in [0.29, 0.717) is 37.0 Å². The van der Waals surface area contributed by atoms with Crippen molar-refractivity contribution < 1.29 is 61.9 Å². The van der Waals surface area contributed by atoms with Crippen LogP contribution in [0.5, 0.6) is 17.2 Å². The normalized spacial score (nSPS) is 11.9. The maximum absolute atomic E-state index is 12.5. The van der Waals surface area contributed by atoms with Gasteiger partial charge in [0, 0.05) is 31.7 Å². The Kier molecular flexibility index (Phi) is 19.2. The van der Waals surface area contributed by atoms with Crippen molar-refractivity contribution >= 4 is 42.6 Å². The van der Waals surface area contributed by atoms with E-state index in [-0.39, 0.29) is 56.1 Å². The molecule has 0 aliphatic heterocycles. The van der Waals surface area contributed by atoms with Gasteiger partial charge in [0.15, 0.2) is 0 Å². The van der Waals surface area contributed by atoms with Crippen LogP contribution < -0.4 is 14.2 Å². The Morgan fingerprint density at radius 2 is 1.00 bits per heavy atom. The molecule has 0 aliphatic rings. The van der Waals surface area contributed by atoms with E-state index in [1.807, 2.05) is 20.8 Å². The number of hydrogen-bond donors (Lipinski definition) is 0. The molecule has 0 unspecified atom stereocenters. The molecule has 2 aromatic rings. The summed E-state index contributed by atoms with van der Waals surface area (Å²) in [4.78, 5) is 60.1. The molecule has 2 atom stereocenters. The van der Waals surface area contributed by atoms with Crippen LogP contribution in [0.15, 0.2) is 42.5 Å². The summed E-state index contributed by atoms with van der Waals surface area (Å²) >= 11 is 0. The average Bonchev–Trinajstić information content (AvgIpc) is 3.04. The number of carbonyl (C=O) groups is 5. The summed E-state index contributed by atoms with van der Waals surface area (Å²) in [5.74, 6) is -0.299. The maximum Gasteiger partial charge on any atom is 0.513 e. The molecule has 0 saturated heterocycles. The number of rotatable bonds is 20. The number of benzene rings is 2. The van der Waals surface area contributed by atoms with E-state index < -0.39 is 30.7 Å². The molecule has 0 aromatic heterocycles. The Bertz CT molecular complexity index is 1340. The van der Waals surface area contributed by atoms with Crippen molar-refractivity contribution in [3.8, 4) is 17.2 Å². The van der Waals surface area contributed by atoms with Gasteiger partial charge >= 0.3 is 30.4 Å². The SMILES string of the molecule is CCCCOC(=O)Oc1ccc(/C=C/c2cc(OC(=O)OCC[C@@H](C)OC(=O)CCC)cc(OC(=O)OCC[C@@H](C)OC(=O)CCC)c2)cc1. The van der Waals surface area contributed by atoms with Crippen LogP contribution >= 0.6 is 0 Å². The fourth-order valence-corrected chi connectivity index (χ4v) is 4.03. The topological polar surface area (TPSA) is 159 Å². The van der Waals surface area contributed by atoms with Crippen molar-refractivity contribution in [3.63, 3.8) is 0 Å². The lowest BCUT2D eigenvalue weighted by Crippen LogP contribution is -2.19. The minimum absolute atomic E-state index is 0.0177. The number of hydrogen-bond acceptors (Lipinski definition) is 13. The lowest BCUT2D eigenvalue weighted by Gasteiger charge is -2.14. The zero-order valence-corrected chi connectivity index (χ0v) is 29.4. The highest BCUT2D eigenvalue weighted by Crippen LogP contribution is 2.26. The monoisotopic (exact) mass is 700 g/mol. The summed E-state index contributed by atoms with van der Waals surface area (Å²) in [5, 5.41) is 0. The van der Waals surface area contributed by atoms with E-state index >= 15 is 0 Å². The van der Waals surface area contributed by atoms with Crippen LogP contribution in [0.3, 0.4) is 0 Å². The first-order chi connectivity index (χ1) is 24.0. The Labute approximate surface area is 293 Å². The number of unbranched alkanes of at least 4 members (excludes halogenated alkanes) is 1. The third-order valence-electron chi connectivity index (χ3n) is 6.63. The van der Waals surface area contributed by atoms with Crippen LogP contribution in [-0.2, 0) is 33.3 Å². The molecule has 13 heteroatoms. The first kappa shape index (κ1) is 41.1. The van der Waals surface area contributed by atoms with Gasteiger partial charge < -0.3 is 37.9 Å². The van der Waals surface area contributed by atoms with Crippen molar-refractivity contribution in [2.24, 2.45) is 0 Å². The van der Waals surface area contributed by atoms with Crippen LogP contribution in [0.1, 0.15) is 97.1 Å². The standard InChI is InChI=1S/C37H48O13/c1-6-9-20-43-35(40)48-30-16-14-28(15-17-30)12-13-29-23-31(49-36(41)44-21-18-26(4)46-33(38)10-7-2)25-32(24-29)50-37(42)45-22-19-27(5)47-34(39)11-8-3/h12-17,23-27H,6-11,18-22H2,1-5H3/b13-12+/t26-,27-/m1/s1. The van der Waals surface area contributed by atoms with Crippen molar-refractivity contribution in [2.45, 2.75) is 98.2 Å². The van der Waals surface area contributed by atoms with Gasteiger partial charge in [0.2, 0.25) is 0 Å². The second-order valence-electron chi connectivity index (χ2n) is 11.3. The van der Waals surface area contributed by atoms with Gasteiger partial charge in [0.1, 0.15) is 29.5 Å². The minimum atomic E-state index is -1.01. The zero-order chi connectivity index (χ0) is 36.7. The summed E-state index contributed by atoms with van der Waals surface area (Å²) in [6.07, 6.45) is 3.84. The Morgan fingerprint density at radius 3 is 1.46 bits per heavy atom. The zero-order valence-electron chi connectivity index (χ0n) is 29.4. The van der Waals surface area contributed by atoms with E-state index in [4.69, 9.17) is 37.9 Å². The summed E-state index contributed by atoms with van der Waals surface area (Å²) in [6, 6.07) is 11.0. The van der Waals surface area contributed by atoms with Gasteiger partial charge in [-0.25, -0.2) is 14.4 Å². The van der Waals surface area contributed by atoms with Gasteiger partial charge in [-0.3, -0.25) is 9.59 Å². The van der Waals surface area contributed by atoms with Crippen molar-refractivity contribution in [1.29, 1.82) is 0 Å². The molecule has 0 heterocycles. The maximum atomic E-state index is 12.5. The van der Waals surface area contributed by atoms with Gasteiger partial charge in [0.25, 0.3) is 0 Å². The largest absolute Gasteiger partial charge is 0.513 e. The lowest BCUT2D eigenvalue weighted by atomic mass is 10.1. The van der Waals surface area contributed by atoms with E-state index in [2.05, 4.69) is 0 Å². The minimum Gasteiger partial charge on any atom is -0.463 e. The molecule has 0 radical (unpaired) electrons. The van der Waals surface area contributed by atoms with Crippen molar-refractivity contribution in [2.75, 3.05) is 19.8 Å². The Morgan fingerprint density at radius 1 is 0.560 bits per heavy atom. The van der Waals surface area contributed by atoms with E-state index in [1.54, 1.807) is 50.3 Å². The lowest BCUT2D eigenvalue weighted by molar-refractivity contribution is -0.149. The summed E-state index contributed by atoms with van der Waals surface area (Å²) < 4.78 is 41.6. The smallest absolute Gasteiger partial charge is 0.463 e. The molecule has 13 nitrogen and oxygen atoms in total. The van der Waals surface area contributed by atoms with Crippen LogP contribution in [0.25, 0.3) is 12.2 Å². The van der Waals surface area contributed by atoms with Gasteiger partial charge in [-0.2, -0.15) is 0 Å². The summed E-state index contributed by atoms with van der Waals surface area (Å²) in [6.45, 7) is 9.29. The quantitative estimate of drug-likeness (QED) is 0.0426. The molecule has 0 saturated carbocycles. The van der Waals surface area contributed by atoms with E-state index in [1.165, 1.54) is 18.2 Å². The molecular formula is C37H48O13. The molecule has 0 aliphatic carbocycles. The predicted octanol–water partition coefficient (Wildman–Crippen LogP) is 8.45. The van der Waals surface area contributed by atoms with E-state index in [0.717, 1.165) is 18.4 Å². The molecule has 2 rings (SSSR count). The predicted molar refractivity (Wildman–Crippen MR) is 183 cm³/mol. The molecule has 0 N–H and O–H groups in total. The van der Waals surface area contributed by atoms with Crippen LogP contribution in [-0.4, -0.2) is 62.4 Å². The summed E-state index contributed by atoms with van der Waals surface area (Å²) in [5.41, 5.74) is 1.23. The molecule has 0 spiro atoms. The molecule has 274 valence electrons. The Hall–Kier alpha value is -5.07. The molecule has 0 bridgehead atoms. The van der Waals surface area contributed by atoms with E-state index in [9.17, 15) is 24.0 Å². The fraction of sp³-hybridized carbons (Fsp3) is 0.486. The fourth-order valence-electron chi connectivity index (χ4n) is 4.03. The number of esters is 2. The highest BCUT2D eigenvalue weighted by molar-refractivity contribution is 5.74. The van der Waals surface area contributed by atoms with Gasteiger partial charge in [0.05, 0.1) is 19.8 Å². The molecule has 2 aromatic carbocycles. The van der Waals surface area contributed by atoms with Gasteiger partial charge in [-0.05, 0) is 68.5 Å². The molecule has 50 heavy (non-hydrogen) atoms. The van der Waals surface area contributed by atoms with Crippen LogP contribution in [0, 0.1) is 0 Å². The van der Waals surface area contributed by atoms with Gasteiger partial charge in [-0.15, -0.1) is 0 Å². The second-order valence-corrected chi connectivity index (χ2v) is 11.3. The number of ether oxygens (including phenoxy) is 8. The average molecular weight is 701 g/mol. The molecule has 0 fully saturated rings. The Balaban J connectivity index is 2.08. The first-order valence-corrected chi connectivity index (χ1v) is 16.9.